The van der Waals surface area contributed by atoms with Crippen LogP contribution >= 0.6 is 11.3 Å². The quantitative estimate of drug-likeness (QED) is 0.399. The number of hydrogen-bond acceptors (Lipinski definition) is 8. The Balaban J connectivity index is 1.50. The molecule has 1 amide bonds. The van der Waals surface area contributed by atoms with Crippen LogP contribution in [0, 0.1) is 5.95 Å². The molecule has 3 N–H and O–H groups in total. The summed E-state index contributed by atoms with van der Waals surface area (Å²) in [4.78, 5) is 27.9. The summed E-state index contributed by atoms with van der Waals surface area (Å²) in [6, 6.07) is 8.97. The predicted molar refractivity (Wildman–Crippen MR) is 125 cm³/mol. The first kappa shape index (κ1) is 20.5. The molecule has 8 nitrogen and oxygen atoms in total. The molecule has 10 heteroatoms. The maximum Gasteiger partial charge on any atom is 0.263 e. The Labute approximate surface area is 187 Å². The second-order valence-corrected chi connectivity index (χ2v) is 9.05. The minimum absolute atomic E-state index is 0.0415. The van der Waals surface area contributed by atoms with Gasteiger partial charge in [-0.25, -0.2) is 15.0 Å². The number of benzene rings is 1. The van der Waals surface area contributed by atoms with Gasteiger partial charge >= 0.3 is 0 Å². The number of nitrogens with one attached hydrogen (secondary N) is 3. The van der Waals surface area contributed by atoms with E-state index in [4.69, 9.17) is 0 Å². The predicted octanol–water partition coefficient (Wildman–Crippen LogP) is 3.60. The standard InChI is InChI=1S/C22H22FN7OS/c1-30(2)8-7-12-10-24-20-19-13-3-6-17(29-18-9-16(23)25-11-26-18)28-14(13)4-5-15(19)32-21(20)22(31)27-12/h3-6,9,11-12,24H,7-8,10H2,1-2H3,(H,27,31)(H,25,26,28,29)/t12-/m1/s1. The number of aromatic nitrogens is 3. The van der Waals surface area contributed by atoms with Crippen molar-refractivity contribution in [3.8, 4) is 0 Å². The van der Waals surface area contributed by atoms with Gasteiger partial charge < -0.3 is 20.9 Å². The fraction of sp³-hybridized carbons (Fsp3) is 0.273. The zero-order chi connectivity index (χ0) is 22.2. The minimum atomic E-state index is -0.612. The summed E-state index contributed by atoms with van der Waals surface area (Å²) >= 11 is 1.48. The number of thiophene rings is 1. The van der Waals surface area contributed by atoms with E-state index < -0.39 is 5.95 Å². The molecule has 0 saturated carbocycles. The van der Waals surface area contributed by atoms with Crippen molar-refractivity contribution >= 4 is 55.6 Å². The molecule has 1 aliphatic rings. The molecule has 1 aromatic carbocycles. The molecule has 0 aliphatic carbocycles. The lowest BCUT2D eigenvalue weighted by Gasteiger charge is -2.18. The third-order valence-corrected chi connectivity index (χ3v) is 6.56. The van der Waals surface area contributed by atoms with E-state index in [-0.39, 0.29) is 11.9 Å². The van der Waals surface area contributed by atoms with Crippen LogP contribution in [0.15, 0.2) is 36.7 Å². The number of rotatable bonds is 5. The molecule has 5 rings (SSSR count). The highest BCUT2D eigenvalue weighted by Crippen LogP contribution is 2.41. The van der Waals surface area contributed by atoms with E-state index in [1.165, 1.54) is 17.4 Å². The van der Waals surface area contributed by atoms with E-state index in [1.807, 2.05) is 38.4 Å². The molecule has 0 radical (unpaired) electrons. The second-order valence-electron chi connectivity index (χ2n) is 8.00. The van der Waals surface area contributed by atoms with Gasteiger partial charge in [-0.15, -0.1) is 11.3 Å². The first-order chi connectivity index (χ1) is 15.5. The molecule has 0 unspecified atom stereocenters. The van der Waals surface area contributed by atoms with Crippen molar-refractivity contribution < 1.29 is 9.18 Å². The summed E-state index contributed by atoms with van der Waals surface area (Å²) in [6.07, 6.45) is 2.03. The Morgan fingerprint density at radius 2 is 2.09 bits per heavy atom. The number of fused-ring (bicyclic) bond motifs is 5. The van der Waals surface area contributed by atoms with Gasteiger partial charge in [0.25, 0.3) is 5.91 Å². The van der Waals surface area contributed by atoms with Crippen molar-refractivity contribution in [2.24, 2.45) is 0 Å². The second kappa shape index (κ2) is 8.29. The molecule has 0 fully saturated rings. The average Bonchev–Trinajstić information content (AvgIpc) is 3.07. The van der Waals surface area contributed by atoms with E-state index in [2.05, 4.69) is 35.8 Å². The number of anilines is 3. The number of carbonyl (C=O) groups excluding carboxylic acids is 1. The normalized spacial score (nSPS) is 16.0. The maximum atomic E-state index is 13.3. The first-order valence-electron chi connectivity index (χ1n) is 10.3. The molecule has 0 saturated heterocycles. The van der Waals surface area contributed by atoms with Gasteiger partial charge in [0.1, 0.15) is 22.8 Å². The Kier molecular flexibility index (Phi) is 5.32. The lowest BCUT2D eigenvalue weighted by atomic mass is 10.1. The zero-order valence-electron chi connectivity index (χ0n) is 17.6. The Morgan fingerprint density at radius 3 is 2.91 bits per heavy atom. The van der Waals surface area contributed by atoms with E-state index in [0.717, 1.165) is 46.0 Å². The smallest absolute Gasteiger partial charge is 0.263 e. The molecule has 4 heterocycles. The van der Waals surface area contributed by atoms with Gasteiger partial charge in [-0.2, -0.15) is 4.39 Å². The van der Waals surface area contributed by atoms with Gasteiger partial charge in [-0.1, -0.05) is 0 Å². The van der Waals surface area contributed by atoms with Crippen molar-refractivity contribution in [1.29, 1.82) is 0 Å². The molecule has 4 aromatic rings. The zero-order valence-corrected chi connectivity index (χ0v) is 18.5. The number of halogens is 1. The minimum Gasteiger partial charge on any atom is -0.381 e. The van der Waals surface area contributed by atoms with Crippen LogP contribution in [-0.2, 0) is 0 Å². The van der Waals surface area contributed by atoms with Crippen LogP contribution in [0.2, 0.25) is 0 Å². The molecule has 164 valence electrons. The van der Waals surface area contributed by atoms with Crippen LogP contribution in [0.1, 0.15) is 16.1 Å². The van der Waals surface area contributed by atoms with Crippen molar-refractivity contribution in [3.63, 3.8) is 0 Å². The van der Waals surface area contributed by atoms with Gasteiger partial charge in [-0.3, -0.25) is 4.79 Å². The van der Waals surface area contributed by atoms with Crippen LogP contribution in [0.3, 0.4) is 0 Å². The number of nitrogens with zero attached hydrogens (tertiary/aromatic N) is 4. The third-order valence-electron chi connectivity index (χ3n) is 5.40. The van der Waals surface area contributed by atoms with Crippen LogP contribution in [-0.4, -0.2) is 59.0 Å². The van der Waals surface area contributed by atoms with Crippen LogP contribution in [0.4, 0.5) is 21.7 Å². The summed E-state index contributed by atoms with van der Waals surface area (Å²) in [5.41, 5.74) is 1.63. The summed E-state index contributed by atoms with van der Waals surface area (Å²) in [5, 5.41) is 11.6. The summed E-state index contributed by atoms with van der Waals surface area (Å²) in [6.45, 7) is 1.57. The van der Waals surface area contributed by atoms with Gasteiger partial charge in [0.2, 0.25) is 5.95 Å². The van der Waals surface area contributed by atoms with E-state index in [1.54, 1.807) is 0 Å². The molecule has 32 heavy (non-hydrogen) atoms. The fourth-order valence-corrected chi connectivity index (χ4v) is 4.95. The van der Waals surface area contributed by atoms with Crippen LogP contribution in [0.5, 0.6) is 0 Å². The maximum absolute atomic E-state index is 13.3. The Morgan fingerprint density at radius 1 is 1.22 bits per heavy atom. The molecular formula is C22H22FN7OS. The third kappa shape index (κ3) is 3.94. The summed E-state index contributed by atoms with van der Waals surface area (Å²) < 4.78 is 14.4. The van der Waals surface area contributed by atoms with Gasteiger partial charge in [0, 0.05) is 34.1 Å². The average molecular weight is 452 g/mol. The van der Waals surface area contributed by atoms with Crippen LogP contribution in [0.25, 0.3) is 21.0 Å². The highest BCUT2D eigenvalue weighted by molar-refractivity contribution is 7.21. The number of carbonyl (C=O) groups is 1. The first-order valence-corrected chi connectivity index (χ1v) is 11.1. The topological polar surface area (TPSA) is 95.1 Å². The monoisotopic (exact) mass is 451 g/mol. The molecular weight excluding hydrogens is 429 g/mol. The Bertz CT molecular complexity index is 1320. The number of pyridine rings is 1. The largest absolute Gasteiger partial charge is 0.381 e. The van der Waals surface area contributed by atoms with E-state index >= 15 is 0 Å². The number of hydrogen-bond donors (Lipinski definition) is 3. The van der Waals surface area contributed by atoms with Crippen LogP contribution < -0.4 is 16.0 Å². The SMILES string of the molecule is CN(C)CC[C@@H]1CNc2c(sc3ccc4nc(Nc5cc(F)ncn5)ccc4c23)C(=O)N1. The summed E-state index contributed by atoms with van der Waals surface area (Å²) in [5.74, 6) is 0.224. The van der Waals surface area contributed by atoms with E-state index in [9.17, 15) is 9.18 Å². The summed E-state index contributed by atoms with van der Waals surface area (Å²) in [7, 11) is 4.06. The number of amides is 1. The molecule has 1 aliphatic heterocycles. The van der Waals surface area contributed by atoms with E-state index in [0.29, 0.717) is 23.1 Å². The highest BCUT2D eigenvalue weighted by atomic mass is 32.1. The highest BCUT2D eigenvalue weighted by Gasteiger charge is 2.26. The van der Waals surface area contributed by atoms with Gasteiger partial charge in [0.15, 0.2) is 0 Å². The lowest BCUT2D eigenvalue weighted by Crippen LogP contribution is -2.39. The van der Waals surface area contributed by atoms with Gasteiger partial charge in [-0.05, 0) is 51.3 Å². The lowest BCUT2D eigenvalue weighted by molar-refractivity contribution is 0.0943. The molecule has 1 atom stereocenters. The molecule has 3 aromatic heterocycles. The molecule has 0 bridgehead atoms. The van der Waals surface area contributed by atoms with Crippen molar-refractivity contribution in [1.82, 2.24) is 25.2 Å². The van der Waals surface area contributed by atoms with Crippen molar-refractivity contribution in [3.05, 3.63) is 47.5 Å². The van der Waals surface area contributed by atoms with Crippen molar-refractivity contribution in [2.45, 2.75) is 12.5 Å². The molecule has 0 spiro atoms. The Hall–Kier alpha value is -3.37. The van der Waals surface area contributed by atoms with Crippen molar-refractivity contribution in [2.75, 3.05) is 37.8 Å². The van der Waals surface area contributed by atoms with Gasteiger partial charge in [0.05, 0.1) is 11.2 Å². The fourth-order valence-electron chi connectivity index (χ4n) is 3.85.